The minimum Gasteiger partial charge on any atom is -0.347 e. The zero-order chi connectivity index (χ0) is 20.7. The molecule has 1 N–H and O–H groups in total. The molecule has 2 unspecified atom stereocenters. The maximum Gasteiger partial charge on any atom is 0.243 e. The molecule has 2 atom stereocenters. The number of nitrogens with one attached hydrogen (secondary N) is 1. The van der Waals surface area contributed by atoms with Crippen molar-refractivity contribution in [3.63, 3.8) is 0 Å². The number of nitrogens with zero attached hydrogens (tertiary/aromatic N) is 3. The van der Waals surface area contributed by atoms with E-state index in [1.807, 2.05) is 25.4 Å². The van der Waals surface area contributed by atoms with Crippen LogP contribution >= 0.6 is 0 Å². The number of hydrogen-bond acceptors (Lipinski definition) is 3. The molecule has 4 aromatic rings. The molecule has 1 fully saturated rings. The lowest BCUT2D eigenvalue weighted by Crippen LogP contribution is -2.34. The summed E-state index contributed by atoms with van der Waals surface area (Å²) in [4.78, 5) is 0.371. The van der Waals surface area contributed by atoms with Crippen molar-refractivity contribution in [3.8, 4) is 11.1 Å². The number of aromatic nitrogens is 3. The van der Waals surface area contributed by atoms with Crippen molar-refractivity contribution in [2.24, 2.45) is 5.92 Å². The lowest BCUT2D eigenvalue weighted by molar-refractivity contribution is 0.400. The summed E-state index contributed by atoms with van der Waals surface area (Å²) in [5.74, 6) is 0.280. The second-order valence-electron chi connectivity index (χ2n) is 8.07. The second-order valence-corrected chi connectivity index (χ2v) is 9.96. The quantitative estimate of drug-likeness (QED) is 0.528. The van der Waals surface area contributed by atoms with Gasteiger partial charge in [-0.05, 0) is 55.2 Å². The van der Waals surface area contributed by atoms with Crippen LogP contribution in [0.15, 0.2) is 78.1 Å². The third kappa shape index (κ3) is 3.34. The van der Waals surface area contributed by atoms with E-state index in [0.717, 1.165) is 24.1 Å². The van der Waals surface area contributed by atoms with Crippen LogP contribution in [-0.2, 0) is 16.6 Å². The maximum absolute atomic E-state index is 13.1. The molecule has 0 spiro atoms. The van der Waals surface area contributed by atoms with Gasteiger partial charge in [-0.3, -0.25) is 5.10 Å². The highest BCUT2D eigenvalue weighted by molar-refractivity contribution is 7.89. The fourth-order valence-electron chi connectivity index (χ4n) is 4.53. The fourth-order valence-corrected chi connectivity index (χ4v) is 6.27. The van der Waals surface area contributed by atoms with Crippen LogP contribution in [0.4, 0.5) is 0 Å². The molecule has 1 saturated heterocycles. The van der Waals surface area contributed by atoms with Crippen LogP contribution in [0.2, 0.25) is 0 Å². The number of rotatable bonds is 5. The summed E-state index contributed by atoms with van der Waals surface area (Å²) in [6, 6.07) is 17.2. The van der Waals surface area contributed by atoms with Gasteiger partial charge >= 0.3 is 0 Å². The number of aromatic amines is 1. The Morgan fingerprint density at radius 1 is 1.10 bits per heavy atom. The van der Waals surface area contributed by atoms with Gasteiger partial charge in [0.2, 0.25) is 10.0 Å². The SMILES string of the molecule is CC1CC(Cn2ccc3cc(-c4cn[nH]c4)ccc32)CN1S(=O)(=O)c1ccccc1. The molecule has 0 aliphatic carbocycles. The fraction of sp³-hybridized carbons (Fsp3) is 0.261. The lowest BCUT2D eigenvalue weighted by Gasteiger charge is -2.21. The Kier molecular flexibility index (Phi) is 4.72. The van der Waals surface area contributed by atoms with Crippen LogP contribution in [-0.4, -0.2) is 40.1 Å². The normalized spacial score (nSPS) is 20.2. The molecule has 0 saturated carbocycles. The van der Waals surface area contributed by atoms with E-state index in [-0.39, 0.29) is 12.0 Å². The molecule has 0 radical (unpaired) electrons. The third-order valence-corrected chi connectivity index (χ3v) is 8.01. The molecule has 2 aromatic heterocycles. The Morgan fingerprint density at radius 3 is 2.70 bits per heavy atom. The van der Waals surface area contributed by atoms with Crippen molar-refractivity contribution in [1.29, 1.82) is 0 Å². The molecule has 5 rings (SSSR count). The molecule has 154 valence electrons. The molecule has 0 bridgehead atoms. The Labute approximate surface area is 176 Å². The van der Waals surface area contributed by atoms with Gasteiger partial charge in [0, 0.05) is 48.0 Å². The van der Waals surface area contributed by atoms with Gasteiger partial charge in [-0.25, -0.2) is 8.42 Å². The number of sulfonamides is 1. The summed E-state index contributed by atoms with van der Waals surface area (Å²) in [6.07, 6.45) is 6.67. The Morgan fingerprint density at radius 2 is 1.93 bits per heavy atom. The number of H-pyrrole nitrogens is 1. The molecular weight excluding hydrogens is 396 g/mol. The van der Waals surface area contributed by atoms with Crippen molar-refractivity contribution >= 4 is 20.9 Å². The molecule has 30 heavy (non-hydrogen) atoms. The monoisotopic (exact) mass is 420 g/mol. The molecular formula is C23H24N4O2S. The average molecular weight is 421 g/mol. The second kappa shape index (κ2) is 7.41. The van der Waals surface area contributed by atoms with Gasteiger partial charge in [-0.15, -0.1) is 0 Å². The lowest BCUT2D eigenvalue weighted by atomic mass is 10.1. The Balaban J connectivity index is 1.36. The van der Waals surface area contributed by atoms with Crippen LogP contribution in [0, 0.1) is 5.92 Å². The van der Waals surface area contributed by atoms with Gasteiger partial charge in [-0.2, -0.15) is 9.40 Å². The van der Waals surface area contributed by atoms with E-state index in [1.54, 1.807) is 28.6 Å². The van der Waals surface area contributed by atoms with Crippen LogP contribution in [0.25, 0.3) is 22.0 Å². The van der Waals surface area contributed by atoms with Crippen LogP contribution in [0.5, 0.6) is 0 Å². The first-order valence-electron chi connectivity index (χ1n) is 10.2. The van der Waals surface area contributed by atoms with E-state index in [4.69, 9.17) is 0 Å². The number of fused-ring (bicyclic) bond motifs is 1. The van der Waals surface area contributed by atoms with E-state index in [1.165, 1.54) is 10.9 Å². The van der Waals surface area contributed by atoms with Crippen LogP contribution in [0.3, 0.4) is 0 Å². The van der Waals surface area contributed by atoms with Gasteiger partial charge in [0.15, 0.2) is 0 Å². The number of hydrogen-bond donors (Lipinski definition) is 1. The molecule has 3 heterocycles. The van der Waals surface area contributed by atoms with Gasteiger partial charge in [-0.1, -0.05) is 24.3 Å². The minimum atomic E-state index is -3.46. The predicted octanol–water partition coefficient (Wildman–Crippen LogP) is 4.13. The van der Waals surface area contributed by atoms with Crippen molar-refractivity contribution in [1.82, 2.24) is 19.1 Å². The zero-order valence-corrected chi connectivity index (χ0v) is 17.6. The van der Waals surface area contributed by atoms with Gasteiger partial charge < -0.3 is 4.57 Å². The van der Waals surface area contributed by atoms with Gasteiger partial charge in [0.1, 0.15) is 0 Å². The predicted molar refractivity (Wildman–Crippen MR) is 117 cm³/mol. The minimum absolute atomic E-state index is 0.00488. The highest BCUT2D eigenvalue weighted by Crippen LogP contribution is 2.32. The van der Waals surface area contributed by atoms with Crippen molar-refractivity contribution in [3.05, 3.63) is 73.2 Å². The van der Waals surface area contributed by atoms with Crippen LogP contribution < -0.4 is 0 Å². The van der Waals surface area contributed by atoms with E-state index in [0.29, 0.717) is 11.4 Å². The maximum atomic E-state index is 13.1. The van der Waals surface area contributed by atoms with E-state index in [2.05, 4.69) is 45.2 Å². The standard InChI is InChI=1S/C23H24N4O2S/c1-17-11-18(16-27(17)30(28,29)22-5-3-2-4-6-22)15-26-10-9-20-12-19(7-8-23(20)26)21-13-24-25-14-21/h2-10,12-14,17-18H,11,15-16H2,1H3,(H,24,25). The first-order chi connectivity index (χ1) is 14.5. The topological polar surface area (TPSA) is 71.0 Å². The molecule has 7 heteroatoms. The highest BCUT2D eigenvalue weighted by atomic mass is 32.2. The van der Waals surface area contributed by atoms with Gasteiger partial charge in [0.25, 0.3) is 0 Å². The molecule has 2 aromatic carbocycles. The molecule has 1 aliphatic heterocycles. The Bertz CT molecular complexity index is 1260. The summed E-state index contributed by atoms with van der Waals surface area (Å²) in [7, 11) is -3.46. The van der Waals surface area contributed by atoms with Crippen LogP contribution in [0.1, 0.15) is 13.3 Å². The molecule has 1 aliphatic rings. The van der Waals surface area contributed by atoms with Crippen molar-refractivity contribution in [2.45, 2.75) is 30.8 Å². The van der Waals surface area contributed by atoms with Crippen molar-refractivity contribution < 1.29 is 8.42 Å². The summed E-state index contributed by atoms with van der Waals surface area (Å²) >= 11 is 0. The number of benzene rings is 2. The van der Waals surface area contributed by atoms with Crippen molar-refractivity contribution in [2.75, 3.05) is 6.54 Å². The highest BCUT2D eigenvalue weighted by Gasteiger charge is 2.37. The first-order valence-corrected chi connectivity index (χ1v) is 11.6. The largest absolute Gasteiger partial charge is 0.347 e. The summed E-state index contributed by atoms with van der Waals surface area (Å²) in [5.41, 5.74) is 3.36. The molecule has 0 amide bonds. The molecule has 6 nitrogen and oxygen atoms in total. The smallest absolute Gasteiger partial charge is 0.243 e. The van der Waals surface area contributed by atoms with E-state index < -0.39 is 10.0 Å². The summed E-state index contributed by atoms with van der Waals surface area (Å²) in [5, 5.41) is 8.05. The summed E-state index contributed by atoms with van der Waals surface area (Å²) in [6.45, 7) is 3.36. The Hall–Kier alpha value is -2.90. The van der Waals surface area contributed by atoms with E-state index >= 15 is 0 Å². The zero-order valence-electron chi connectivity index (χ0n) is 16.8. The third-order valence-electron chi connectivity index (χ3n) is 6.01. The summed E-state index contributed by atoms with van der Waals surface area (Å²) < 4.78 is 30.0. The average Bonchev–Trinajstić information content (AvgIpc) is 3.49. The van der Waals surface area contributed by atoms with Gasteiger partial charge in [0.05, 0.1) is 11.1 Å². The van der Waals surface area contributed by atoms with E-state index in [9.17, 15) is 8.42 Å². The first kappa shape index (κ1) is 19.1.